The average Bonchev–Trinajstić information content (AvgIpc) is 2.93. The van der Waals surface area contributed by atoms with Crippen LogP contribution in [0.5, 0.6) is 0 Å². The lowest BCUT2D eigenvalue weighted by Gasteiger charge is -2.19. The van der Waals surface area contributed by atoms with Gasteiger partial charge in [-0.3, -0.25) is 24.5 Å². The molecule has 0 radical (unpaired) electrons. The number of carbonyl (C=O) groups is 2. The largest absolute Gasteiger partial charge is 0.444 e. The first-order chi connectivity index (χ1) is 19.1. The van der Waals surface area contributed by atoms with Crippen LogP contribution in [0.4, 0.5) is 4.79 Å². The molecule has 0 saturated heterocycles. The number of amides is 2. The topological polar surface area (TPSA) is 128 Å². The number of nitrogens with zero attached hydrogens (tertiary/aromatic N) is 4. The van der Waals surface area contributed by atoms with Gasteiger partial charge in [0.15, 0.2) is 0 Å². The Balaban J connectivity index is 1.27. The third kappa shape index (κ3) is 8.59. The van der Waals surface area contributed by atoms with E-state index >= 15 is 0 Å². The highest BCUT2D eigenvalue weighted by molar-refractivity contribution is 5.94. The van der Waals surface area contributed by atoms with Crippen LogP contribution in [0, 0.1) is 0 Å². The van der Waals surface area contributed by atoms with Crippen molar-refractivity contribution in [3.8, 4) is 0 Å². The molecule has 0 aliphatic rings. The SMILES string of the molecule is CC(C)(C)OC(=O)NCc1ccc(CNC(=O)c2cncc(Cc3ccc(Cn4ccccc4=O)nc3)c2)cn1. The lowest BCUT2D eigenvalue weighted by atomic mass is 10.1. The lowest BCUT2D eigenvalue weighted by Crippen LogP contribution is -2.32. The smallest absolute Gasteiger partial charge is 0.407 e. The van der Waals surface area contributed by atoms with Crippen molar-refractivity contribution in [1.82, 2.24) is 30.2 Å². The Hall–Kier alpha value is -4.86. The molecule has 10 nitrogen and oxygen atoms in total. The summed E-state index contributed by atoms with van der Waals surface area (Å²) in [5.41, 5.74) is 3.94. The standard InChI is InChI=1S/C30H32N6O4/c1-30(2,3)40-29(39)35-19-25-9-8-22(16-32-25)17-34-28(38)24-13-23(14-31-18-24)12-21-7-10-26(33-15-21)20-36-11-5-4-6-27(36)37/h4-11,13-16,18H,12,17,19-20H2,1-3H3,(H,34,38)(H,35,39). The van der Waals surface area contributed by atoms with Gasteiger partial charge in [0.1, 0.15) is 5.60 Å². The summed E-state index contributed by atoms with van der Waals surface area (Å²) in [5.74, 6) is -0.244. The van der Waals surface area contributed by atoms with Crippen LogP contribution in [0.3, 0.4) is 0 Å². The zero-order valence-electron chi connectivity index (χ0n) is 22.8. The molecule has 0 aliphatic heterocycles. The Morgan fingerprint density at radius 1 is 0.850 bits per heavy atom. The van der Waals surface area contributed by atoms with Crippen LogP contribution in [0.1, 0.15) is 59.2 Å². The van der Waals surface area contributed by atoms with E-state index in [2.05, 4.69) is 25.6 Å². The first-order valence-corrected chi connectivity index (χ1v) is 12.9. The highest BCUT2D eigenvalue weighted by Gasteiger charge is 2.16. The van der Waals surface area contributed by atoms with E-state index in [0.717, 1.165) is 22.4 Å². The summed E-state index contributed by atoms with van der Waals surface area (Å²) in [7, 11) is 0. The molecule has 0 saturated carbocycles. The van der Waals surface area contributed by atoms with E-state index in [9.17, 15) is 14.4 Å². The molecule has 0 atom stereocenters. The Labute approximate surface area is 232 Å². The maximum absolute atomic E-state index is 12.8. The Morgan fingerprint density at radius 3 is 2.30 bits per heavy atom. The predicted octanol–water partition coefficient (Wildman–Crippen LogP) is 3.63. The van der Waals surface area contributed by atoms with E-state index < -0.39 is 11.7 Å². The summed E-state index contributed by atoms with van der Waals surface area (Å²) in [5, 5.41) is 5.56. The number of ether oxygens (including phenoxy) is 1. The van der Waals surface area contributed by atoms with Crippen molar-refractivity contribution in [3.05, 3.63) is 124 Å². The maximum Gasteiger partial charge on any atom is 0.407 e. The van der Waals surface area contributed by atoms with Crippen LogP contribution >= 0.6 is 0 Å². The van der Waals surface area contributed by atoms with Gasteiger partial charge in [-0.15, -0.1) is 0 Å². The normalized spacial score (nSPS) is 11.1. The number of hydrogen-bond acceptors (Lipinski definition) is 7. The Morgan fingerprint density at radius 2 is 1.60 bits per heavy atom. The summed E-state index contributed by atoms with van der Waals surface area (Å²) in [6.45, 7) is 6.34. The first kappa shape index (κ1) is 28.2. The van der Waals surface area contributed by atoms with Crippen LogP contribution in [0.2, 0.25) is 0 Å². The van der Waals surface area contributed by atoms with E-state index in [1.54, 1.807) is 62.3 Å². The summed E-state index contributed by atoms with van der Waals surface area (Å²) >= 11 is 0. The number of nitrogens with one attached hydrogen (secondary N) is 2. The van der Waals surface area contributed by atoms with Gasteiger partial charge >= 0.3 is 6.09 Å². The van der Waals surface area contributed by atoms with Gasteiger partial charge in [0.2, 0.25) is 0 Å². The number of pyridine rings is 4. The van der Waals surface area contributed by atoms with Crippen LogP contribution in [0.15, 0.2) is 84.3 Å². The van der Waals surface area contributed by atoms with Gasteiger partial charge in [0, 0.05) is 50.0 Å². The average molecular weight is 541 g/mol. The Kier molecular flexibility index (Phi) is 9.00. The summed E-state index contributed by atoms with van der Waals surface area (Å²) in [6.07, 6.45) is 8.48. The summed E-state index contributed by atoms with van der Waals surface area (Å²) in [6, 6.07) is 14.3. The Bertz CT molecular complexity index is 1510. The van der Waals surface area contributed by atoms with Crippen LogP contribution < -0.4 is 16.2 Å². The lowest BCUT2D eigenvalue weighted by molar-refractivity contribution is 0.0522. The van der Waals surface area contributed by atoms with Gasteiger partial charge in [-0.2, -0.15) is 0 Å². The van der Waals surface area contributed by atoms with Gasteiger partial charge in [-0.05, 0) is 61.7 Å². The molecule has 4 rings (SSSR count). The fourth-order valence-electron chi connectivity index (χ4n) is 3.79. The quantitative estimate of drug-likeness (QED) is 0.332. The zero-order chi connectivity index (χ0) is 28.5. The molecule has 0 spiro atoms. The summed E-state index contributed by atoms with van der Waals surface area (Å²) < 4.78 is 6.82. The molecule has 40 heavy (non-hydrogen) atoms. The van der Waals surface area contributed by atoms with Crippen molar-refractivity contribution < 1.29 is 14.3 Å². The molecular formula is C30H32N6O4. The van der Waals surface area contributed by atoms with E-state index in [1.807, 2.05) is 30.3 Å². The number of aromatic nitrogens is 4. The van der Waals surface area contributed by atoms with Gasteiger partial charge in [0.25, 0.3) is 11.5 Å². The van der Waals surface area contributed by atoms with Crippen molar-refractivity contribution in [3.63, 3.8) is 0 Å². The molecule has 0 aliphatic carbocycles. The number of carbonyl (C=O) groups excluding carboxylic acids is 2. The van der Waals surface area contributed by atoms with E-state index in [4.69, 9.17) is 4.74 Å². The van der Waals surface area contributed by atoms with Crippen molar-refractivity contribution in [2.45, 2.75) is 52.4 Å². The van der Waals surface area contributed by atoms with Crippen molar-refractivity contribution in [2.75, 3.05) is 0 Å². The van der Waals surface area contributed by atoms with Gasteiger partial charge < -0.3 is 19.9 Å². The predicted molar refractivity (Wildman–Crippen MR) is 150 cm³/mol. The number of hydrogen-bond donors (Lipinski definition) is 2. The second-order valence-electron chi connectivity index (χ2n) is 10.3. The summed E-state index contributed by atoms with van der Waals surface area (Å²) in [4.78, 5) is 49.5. The minimum Gasteiger partial charge on any atom is -0.444 e. The van der Waals surface area contributed by atoms with Crippen LogP contribution in [0.25, 0.3) is 0 Å². The molecule has 4 heterocycles. The molecule has 4 aromatic heterocycles. The minimum atomic E-state index is -0.566. The minimum absolute atomic E-state index is 0.0737. The van der Waals surface area contributed by atoms with Gasteiger partial charge in [-0.1, -0.05) is 18.2 Å². The molecule has 4 aromatic rings. The molecule has 0 bridgehead atoms. The first-order valence-electron chi connectivity index (χ1n) is 12.9. The van der Waals surface area contributed by atoms with Gasteiger partial charge in [0.05, 0.1) is 30.0 Å². The van der Waals surface area contributed by atoms with E-state index in [0.29, 0.717) is 30.8 Å². The fraction of sp³-hybridized carbons (Fsp3) is 0.267. The van der Waals surface area contributed by atoms with Crippen LogP contribution in [-0.4, -0.2) is 37.1 Å². The molecule has 0 aromatic carbocycles. The second kappa shape index (κ2) is 12.8. The van der Waals surface area contributed by atoms with E-state index in [-0.39, 0.29) is 18.0 Å². The molecule has 0 fully saturated rings. The second-order valence-corrected chi connectivity index (χ2v) is 10.3. The molecule has 2 amide bonds. The van der Waals surface area contributed by atoms with Crippen molar-refractivity contribution in [2.24, 2.45) is 0 Å². The monoisotopic (exact) mass is 540 g/mol. The van der Waals surface area contributed by atoms with Crippen molar-refractivity contribution >= 4 is 12.0 Å². The molecule has 0 unspecified atom stereocenters. The zero-order valence-corrected chi connectivity index (χ0v) is 22.8. The maximum atomic E-state index is 12.8. The number of rotatable bonds is 9. The third-order valence-corrected chi connectivity index (χ3v) is 5.73. The van der Waals surface area contributed by atoms with Crippen molar-refractivity contribution in [1.29, 1.82) is 0 Å². The van der Waals surface area contributed by atoms with E-state index in [1.165, 1.54) is 12.3 Å². The molecule has 206 valence electrons. The molecule has 10 heteroatoms. The molecule has 2 N–H and O–H groups in total. The molecular weight excluding hydrogens is 508 g/mol. The fourth-order valence-corrected chi connectivity index (χ4v) is 3.79. The third-order valence-electron chi connectivity index (χ3n) is 5.73. The number of alkyl carbamates (subject to hydrolysis) is 1. The highest BCUT2D eigenvalue weighted by Crippen LogP contribution is 2.12. The highest BCUT2D eigenvalue weighted by atomic mass is 16.6. The van der Waals surface area contributed by atoms with Gasteiger partial charge in [-0.25, -0.2) is 4.79 Å². The van der Waals surface area contributed by atoms with Crippen LogP contribution in [-0.2, 0) is 30.8 Å².